The van der Waals surface area contributed by atoms with Gasteiger partial charge in [0.15, 0.2) is 5.17 Å². The molecule has 4 heteroatoms. The summed E-state index contributed by atoms with van der Waals surface area (Å²) in [5.74, 6) is 0. The van der Waals surface area contributed by atoms with Gasteiger partial charge in [-0.2, -0.15) is 0 Å². The molecule has 6 rings (SSSR count). The quantitative estimate of drug-likeness (QED) is 0.391. The number of hydrogen-bond acceptors (Lipinski definition) is 4. The zero-order valence-corrected chi connectivity index (χ0v) is 17.0. The second-order valence-electron chi connectivity index (χ2n) is 7.87. The number of fused-ring (bicyclic) bond motifs is 3. The number of benzene rings is 3. The highest BCUT2D eigenvalue weighted by Gasteiger charge is 2.44. The van der Waals surface area contributed by atoms with Crippen LogP contribution in [-0.4, -0.2) is 26.8 Å². The third-order valence-corrected chi connectivity index (χ3v) is 7.09. The molecule has 0 amide bonds. The van der Waals surface area contributed by atoms with Gasteiger partial charge in [-0.15, -0.1) is 0 Å². The molecule has 0 saturated carbocycles. The van der Waals surface area contributed by atoms with E-state index in [4.69, 9.17) is 9.98 Å². The zero-order chi connectivity index (χ0) is 19.4. The second-order valence-corrected chi connectivity index (χ2v) is 9.27. The molecule has 142 valence electrons. The van der Waals surface area contributed by atoms with Gasteiger partial charge in [0.1, 0.15) is 6.04 Å². The summed E-state index contributed by atoms with van der Waals surface area (Å²) in [5, 5.41) is 6.93. The molecular weight excluding hydrogens is 374 g/mol. The van der Waals surface area contributed by atoms with Gasteiger partial charge in [0.05, 0.1) is 11.7 Å². The Bertz CT molecular complexity index is 1200. The van der Waals surface area contributed by atoms with E-state index in [0.29, 0.717) is 5.25 Å². The third-order valence-electron chi connectivity index (χ3n) is 5.99. The normalized spacial score (nSPS) is 23.6. The van der Waals surface area contributed by atoms with Crippen molar-refractivity contribution in [2.75, 3.05) is 6.54 Å². The van der Waals surface area contributed by atoms with E-state index in [0.717, 1.165) is 17.4 Å². The maximum Gasteiger partial charge on any atom is 0.160 e. The van der Waals surface area contributed by atoms with E-state index < -0.39 is 0 Å². The molecule has 0 radical (unpaired) electrons. The Hall–Kier alpha value is -2.85. The summed E-state index contributed by atoms with van der Waals surface area (Å²) in [6.07, 6.45) is 1.88. The van der Waals surface area contributed by atoms with Crippen LogP contribution >= 0.6 is 11.8 Å². The lowest BCUT2D eigenvalue weighted by Gasteiger charge is -2.29. The average molecular weight is 396 g/mol. The first-order valence-corrected chi connectivity index (χ1v) is 11.0. The van der Waals surface area contributed by atoms with Gasteiger partial charge in [0.2, 0.25) is 0 Å². The molecule has 1 aromatic heterocycles. The topological polar surface area (TPSA) is 28.5 Å². The lowest BCUT2D eigenvalue weighted by molar-refractivity contribution is 0.325. The van der Waals surface area contributed by atoms with Gasteiger partial charge >= 0.3 is 0 Å². The molecule has 0 unspecified atom stereocenters. The van der Waals surface area contributed by atoms with Gasteiger partial charge in [0, 0.05) is 18.0 Å². The predicted octanol–water partition coefficient (Wildman–Crippen LogP) is 5.98. The van der Waals surface area contributed by atoms with Crippen molar-refractivity contribution in [3.63, 3.8) is 0 Å². The Labute approximate surface area is 174 Å². The van der Waals surface area contributed by atoms with Crippen LogP contribution in [0.3, 0.4) is 0 Å². The highest BCUT2D eigenvalue weighted by atomic mass is 32.2. The number of thioether (sulfide) groups is 1. The molecule has 3 nitrogen and oxygen atoms in total. The SMILES string of the molecule is C[C@@H]1CN2C(=N[C@H](c3ccccn3)[C@H]2c2c3ccccc3cc3ccccc23)S1. The van der Waals surface area contributed by atoms with Crippen LogP contribution in [-0.2, 0) is 0 Å². The Morgan fingerprint density at radius 3 is 2.28 bits per heavy atom. The molecule has 1 fully saturated rings. The van der Waals surface area contributed by atoms with Gasteiger partial charge in [-0.1, -0.05) is 73.3 Å². The molecule has 29 heavy (non-hydrogen) atoms. The lowest BCUT2D eigenvalue weighted by Crippen LogP contribution is -2.29. The Morgan fingerprint density at radius 2 is 1.59 bits per heavy atom. The summed E-state index contributed by atoms with van der Waals surface area (Å²) in [4.78, 5) is 12.4. The summed E-state index contributed by atoms with van der Waals surface area (Å²) in [6, 6.07) is 26.2. The van der Waals surface area contributed by atoms with E-state index >= 15 is 0 Å². The number of aromatic nitrogens is 1. The fourth-order valence-corrected chi connectivity index (χ4v) is 5.89. The number of nitrogens with zero attached hydrogens (tertiary/aromatic N) is 3. The number of rotatable bonds is 2. The van der Waals surface area contributed by atoms with E-state index in [-0.39, 0.29) is 12.1 Å². The van der Waals surface area contributed by atoms with Gasteiger partial charge in [-0.05, 0) is 45.3 Å². The molecule has 0 aliphatic carbocycles. The van der Waals surface area contributed by atoms with Crippen LogP contribution in [0.4, 0.5) is 0 Å². The summed E-state index contributed by atoms with van der Waals surface area (Å²) < 4.78 is 0. The van der Waals surface area contributed by atoms with Crippen LogP contribution < -0.4 is 0 Å². The molecule has 0 N–H and O–H groups in total. The number of hydrogen-bond donors (Lipinski definition) is 0. The summed E-state index contributed by atoms with van der Waals surface area (Å²) in [6.45, 7) is 3.31. The van der Waals surface area contributed by atoms with Gasteiger partial charge < -0.3 is 4.90 Å². The first-order chi connectivity index (χ1) is 14.3. The van der Waals surface area contributed by atoms with Crippen molar-refractivity contribution in [2.24, 2.45) is 4.99 Å². The largest absolute Gasteiger partial charge is 0.341 e. The monoisotopic (exact) mass is 395 g/mol. The van der Waals surface area contributed by atoms with Crippen molar-refractivity contribution in [3.8, 4) is 0 Å². The molecule has 3 heterocycles. The van der Waals surface area contributed by atoms with Crippen molar-refractivity contribution in [3.05, 3.63) is 90.3 Å². The van der Waals surface area contributed by atoms with E-state index in [1.165, 1.54) is 27.1 Å². The maximum absolute atomic E-state index is 5.19. The first-order valence-electron chi connectivity index (χ1n) is 10.1. The highest BCUT2D eigenvalue weighted by molar-refractivity contribution is 8.14. The van der Waals surface area contributed by atoms with Crippen LogP contribution in [0.15, 0.2) is 84.0 Å². The van der Waals surface area contributed by atoms with Crippen molar-refractivity contribution in [2.45, 2.75) is 24.3 Å². The molecular formula is C25H21N3S. The fraction of sp³-hybridized carbons (Fsp3) is 0.200. The zero-order valence-electron chi connectivity index (χ0n) is 16.2. The molecule has 3 aromatic carbocycles. The molecule has 3 atom stereocenters. The highest BCUT2D eigenvalue weighted by Crippen LogP contribution is 2.50. The fourth-order valence-electron chi connectivity index (χ4n) is 4.80. The minimum Gasteiger partial charge on any atom is -0.341 e. The van der Waals surface area contributed by atoms with E-state index in [1.807, 2.05) is 24.0 Å². The Kier molecular flexibility index (Phi) is 3.88. The van der Waals surface area contributed by atoms with E-state index in [1.54, 1.807) is 0 Å². The molecule has 2 aliphatic rings. The average Bonchev–Trinajstić information content (AvgIpc) is 3.29. The predicted molar refractivity (Wildman–Crippen MR) is 122 cm³/mol. The minimum atomic E-state index is 0.0143. The van der Waals surface area contributed by atoms with Crippen molar-refractivity contribution in [1.29, 1.82) is 0 Å². The lowest BCUT2D eigenvalue weighted by atomic mass is 9.87. The molecule has 1 saturated heterocycles. The first kappa shape index (κ1) is 17.0. The molecule has 0 bridgehead atoms. The summed E-state index contributed by atoms with van der Waals surface area (Å²) in [7, 11) is 0. The van der Waals surface area contributed by atoms with Gasteiger partial charge in [-0.3, -0.25) is 9.98 Å². The Morgan fingerprint density at radius 1 is 0.897 bits per heavy atom. The minimum absolute atomic E-state index is 0.0143. The van der Waals surface area contributed by atoms with Crippen LogP contribution in [0, 0.1) is 0 Å². The molecule has 2 aliphatic heterocycles. The number of amidine groups is 1. The van der Waals surface area contributed by atoms with E-state index in [2.05, 4.69) is 78.6 Å². The van der Waals surface area contributed by atoms with Crippen molar-refractivity contribution >= 4 is 38.5 Å². The second kappa shape index (κ2) is 6.60. The van der Waals surface area contributed by atoms with Crippen LogP contribution in [0.25, 0.3) is 21.5 Å². The van der Waals surface area contributed by atoms with Gasteiger partial charge in [-0.25, -0.2) is 0 Å². The Balaban J connectivity index is 1.65. The number of aliphatic imine (C=N–C) groups is 1. The van der Waals surface area contributed by atoms with Crippen LogP contribution in [0.1, 0.15) is 30.3 Å². The summed E-state index contributed by atoms with van der Waals surface area (Å²) in [5.41, 5.74) is 2.42. The third kappa shape index (κ3) is 2.66. The number of pyridine rings is 1. The molecule has 0 spiro atoms. The van der Waals surface area contributed by atoms with Crippen LogP contribution in [0.2, 0.25) is 0 Å². The smallest absolute Gasteiger partial charge is 0.160 e. The summed E-state index contributed by atoms with van der Waals surface area (Å²) >= 11 is 1.89. The van der Waals surface area contributed by atoms with Crippen molar-refractivity contribution < 1.29 is 0 Å². The standard InChI is InChI=1S/C25H21N3S/c1-16-15-28-24(23(27-25(28)29-16)21-12-6-7-13-26-21)22-19-10-4-2-8-17(19)14-18-9-3-5-11-20(18)22/h2-14,16,23-24H,15H2,1H3/t16-,23-,24-/m1/s1. The van der Waals surface area contributed by atoms with Crippen molar-refractivity contribution in [1.82, 2.24) is 9.88 Å². The van der Waals surface area contributed by atoms with Crippen LogP contribution in [0.5, 0.6) is 0 Å². The molecule has 4 aromatic rings. The maximum atomic E-state index is 5.19. The van der Waals surface area contributed by atoms with Gasteiger partial charge in [0.25, 0.3) is 0 Å². The van der Waals surface area contributed by atoms with E-state index in [9.17, 15) is 0 Å².